The second-order valence-electron chi connectivity index (χ2n) is 7.39. The van der Waals surface area contributed by atoms with E-state index in [1.807, 2.05) is 59.5 Å². The number of nitrogens with zero attached hydrogens (tertiary/aromatic N) is 3. The van der Waals surface area contributed by atoms with E-state index in [4.69, 9.17) is 14.0 Å². The summed E-state index contributed by atoms with van der Waals surface area (Å²) in [4.78, 5) is 19.1. The molecule has 2 heterocycles. The van der Waals surface area contributed by atoms with E-state index in [2.05, 4.69) is 10.1 Å². The SMILES string of the molecule is COc1ccc(/C=C/C(=O)N2CCC[C@H](c3noc(-c4ccccc4OC)n3)C2)cc1. The lowest BCUT2D eigenvalue weighted by Gasteiger charge is -2.30. The van der Waals surface area contributed by atoms with Gasteiger partial charge in [-0.25, -0.2) is 0 Å². The Labute approximate surface area is 181 Å². The number of piperidine rings is 1. The van der Waals surface area contributed by atoms with Crippen molar-refractivity contribution in [2.45, 2.75) is 18.8 Å². The zero-order valence-corrected chi connectivity index (χ0v) is 17.7. The van der Waals surface area contributed by atoms with Gasteiger partial charge in [0.15, 0.2) is 5.82 Å². The zero-order chi connectivity index (χ0) is 21.6. The Hall–Kier alpha value is -3.61. The monoisotopic (exact) mass is 419 g/mol. The lowest BCUT2D eigenvalue weighted by molar-refractivity contribution is -0.127. The van der Waals surface area contributed by atoms with Gasteiger partial charge in [-0.15, -0.1) is 0 Å². The molecule has 1 aromatic heterocycles. The third-order valence-corrected chi connectivity index (χ3v) is 5.41. The Morgan fingerprint density at radius 1 is 1.13 bits per heavy atom. The van der Waals surface area contributed by atoms with Gasteiger partial charge in [-0.3, -0.25) is 4.79 Å². The molecular weight excluding hydrogens is 394 g/mol. The quantitative estimate of drug-likeness (QED) is 0.558. The van der Waals surface area contributed by atoms with Gasteiger partial charge in [0.25, 0.3) is 5.89 Å². The van der Waals surface area contributed by atoms with Crippen LogP contribution in [0.4, 0.5) is 0 Å². The molecule has 1 aliphatic heterocycles. The number of hydrogen-bond donors (Lipinski definition) is 0. The highest BCUT2D eigenvalue weighted by atomic mass is 16.5. The second-order valence-corrected chi connectivity index (χ2v) is 7.39. The van der Waals surface area contributed by atoms with Gasteiger partial charge in [-0.2, -0.15) is 4.98 Å². The molecule has 7 heteroatoms. The minimum atomic E-state index is -0.0195. The van der Waals surface area contributed by atoms with Gasteiger partial charge in [-0.05, 0) is 48.7 Å². The first-order valence-electron chi connectivity index (χ1n) is 10.3. The van der Waals surface area contributed by atoms with Gasteiger partial charge in [0.05, 0.1) is 19.8 Å². The molecule has 1 saturated heterocycles. The summed E-state index contributed by atoms with van der Waals surface area (Å²) >= 11 is 0. The molecule has 0 bridgehead atoms. The molecule has 1 atom stereocenters. The van der Waals surface area contributed by atoms with Crippen LogP contribution in [-0.2, 0) is 4.79 Å². The molecule has 0 N–H and O–H groups in total. The van der Waals surface area contributed by atoms with Crippen LogP contribution >= 0.6 is 0 Å². The van der Waals surface area contributed by atoms with Crippen molar-refractivity contribution in [2.24, 2.45) is 0 Å². The van der Waals surface area contributed by atoms with Gasteiger partial charge >= 0.3 is 0 Å². The van der Waals surface area contributed by atoms with E-state index >= 15 is 0 Å². The summed E-state index contributed by atoms with van der Waals surface area (Å²) in [5.41, 5.74) is 1.71. The first-order valence-corrected chi connectivity index (χ1v) is 10.3. The Balaban J connectivity index is 1.43. The molecule has 1 amide bonds. The first kappa shape index (κ1) is 20.7. The Morgan fingerprint density at radius 3 is 2.71 bits per heavy atom. The van der Waals surface area contributed by atoms with E-state index in [1.165, 1.54) is 0 Å². The van der Waals surface area contributed by atoms with Gasteiger partial charge in [-0.1, -0.05) is 29.4 Å². The summed E-state index contributed by atoms with van der Waals surface area (Å²) in [6.07, 6.45) is 5.24. The van der Waals surface area contributed by atoms with Gasteiger partial charge in [0.2, 0.25) is 5.91 Å². The number of benzene rings is 2. The highest BCUT2D eigenvalue weighted by Crippen LogP contribution is 2.31. The Kier molecular flexibility index (Phi) is 6.31. The molecule has 160 valence electrons. The molecule has 1 fully saturated rings. The smallest absolute Gasteiger partial charge is 0.261 e. The normalized spacial score (nSPS) is 16.5. The number of hydrogen-bond acceptors (Lipinski definition) is 6. The number of likely N-dealkylation sites (tertiary alicyclic amines) is 1. The Bertz CT molecular complexity index is 1060. The molecule has 1 aliphatic rings. The van der Waals surface area contributed by atoms with Crippen LogP contribution in [-0.4, -0.2) is 48.3 Å². The maximum Gasteiger partial charge on any atom is 0.261 e. The molecular formula is C24H25N3O4. The minimum absolute atomic E-state index is 0.0195. The summed E-state index contributed by atoms with van der Waals surface area (Å²) in [5, 5.41) is 4.19. The van der Waals surface area contributed by atoms with Crippen molar-refractivity contribution in [2.75, 3.05) is 27.3 Å². The van der Waals surface area contributed by atoms with Crippen LogP contribution in [0.3, 0.4) is 0 Å². The maximum atomic E-state index is 12.7. The molecule has 2 aromatic carbocycles. The summed E-state index contributed by atoms with van der Waals surface area (Å²) in [5.74, 6) is 2.54. The minimum Gasteiger partial charge on any atom is -0.497 e. The van der Waals surface area contributed by atoms with Crippen LogP contribution in [0.15, 0.2) is 59.1 Å². The molecule has 0 radical (unpaired) electrons. The van der Waals surface area contributed by atoms with Crippen molar-refractivity contribution in [3.63, 3.8) is 0 Å². The number of rotatable bonds is 6. The fourth-order valence-corrected chi connectivity index (χ4v) is 3.71. The van der Waals surface area contributed by atoms with Crippen molar-refractivity contribution in [3.8, 4) is 23.0 Å². The van der Waals surface area contributed by atoms with E-state index in [0.29, 0.717) is 24.0 Å². The average Bonchev–Trinajstić information content (AvgIpc) is 3.33. The summed E-state index contributed by atoms with van der Waals surface area (Å²) < 4.78 is 16.0. The predicted molar refractivity (Wildman–Crippen MR) is 117 cm³/mol. The topological polar surface area (TPSA) is 77.7 Å². The van der Waals surface area contributed by atoms with Crippen molar-refractivity contribution in [1.29, 1.82) is 0 Å². The molecule has 7 nitrogen and oxygen atoms in total. The van der Waals surface area contributed by atoms with Crippen LogP contribution < -0.4 is 9.47 Å². The summed E-state index contributed by atoms with van der Waals surface area (Å²) in [6.45, 7) is 1.29. The van der Waals surface area contributed by atoms with Gasteiger partial charge in [0.1, 0.15) is 11.5 Å². The van der Waals surface area contributed by atoms with Crippen LogP contribution in [0, 0.1) is 0 Å². The van der Waals surface area contributed by atoms with Gasteiger partial charge in [0, 0.05) is 25.1 Å². The Morgan fingerprint density at radius 2 is 1.94 bits per heavy atom. The maximum absolute atomic E-state index is 12.7. The molecule has 4 rings (SSSR count). The largest absolute Gasteiger partial charge is 0.497 e. The molecule has 3 aromatic rings. The fourth-order valence-electron chi connectivity index (χ4n) is 3.71. The highest BCUT2D eigenvalue weighted by Gasteiger charge is 2.27. The van der Waals surface area contributed by atoms with Crippen molar-refractivity contribution < 1.29 is 18.8 Å². The third kappa shape index (κ3) is 4.77. The van der Waals surface area contributed by atoms with Gasteiger partial charge < -0.3 is 18.9 Å². The van der Waals surface area contributed by atoms with E-state index in [0.717, 1.165) is 36.3 Å². The number of aromatic nitrogens is 2. The first-order chi connectivity index (χ1) is 15.2. The standard InChI is InChI=1S/C24H25N3O4/c1-29-19-12-9-17(10-13-19)11-14-22(28)27-15-5-6-18(16-27)23-25-24(31-26-23)20-7-3-4-8-21(20)30-2/h3-4,7-14,18H,5-6,15-16H2,1-2H3/b14-11+/t18-/m0/s1. The van der Waals surface area contributed by atoms with E-state index in [-0.39, 0.29) is 11.8 Å². The average molecular weight is 419 g/mol. The summed E-state index contributed by atoms with van der Waals surface area (Å²) in [6, 6.07) is 15.1. The zero-order valence-electron chi connectivity index (χ0n) is 17.7. The molecule has 0 aliphatic carbocycles. The van der Waals surface area contributed by atoms with Crippen molar-refractivity contribution in [1.82, 2.24) is 15.0 Å². The van der Waals surface area contributed by atoms with Crippen molar-refractivity contribution in [3.05, 3.63) is 66.0 Å². The number of carbonyl (C=O) groups is 1. The van der Waals surface area contributed by atoms with Crippen LogP contribution in [0.25, 0.3) is 17.5 Å². The lowest BCUT2D eigenvalue weighted by Crippen LogP contribution is -2.38. The van der Waals surface area contributed by atoms with E-state index in [1.54, 1.807) is 20.3 Å². The van der Waals surface area contributed by atoms with Crippen LogP contribution in [0.1, 0.15) is 30.1 Å². The summed E-state index contributed by atoms with van der Waals surface area (Å²) in [7, 11) is 3.24. The molecule has 0 saturated carbocycles. The lowest BCUT2D eigenvalue weighted by atomic mass is 9.97. The third-order valence-electron chi connectivity index (χ3n) is 5.41. The number of amides is 1. The van der Waals surface area contributed by atoms with E-state index < -0.39 is 0 Å². The number of para-hydroxylation sites is 1. The van der Waals surface area contributed by atoms with Crippen LogP contribution in [0.5, 0.6) is 11.5 Å². The predicted octanol–water partition coefficient (Wildman–Crippen LogP) is 4.17. The molecule has 31 heavy (non-hydrogen) atoms. The molecule has 0 spiro atoms. The number of carbonyl (C=O) groups excluding carboxylic acids is 1. The highest BCUT2D eigenvalue weighted by molar-refractivity contribution is 5.91. The second kappa shape index (κ2) is 9.47. The number of methoxy groups -OCH3 is 2. The fraction of sp³-hybridized carbons (Fsp3) is 0.292. The number of ether oxygens (including phenoxy) is 2. The van der Waals surface area contributed by atoms with Crippen LogP contribution in [0.2, 0.25) is 0 Å². The van der Waals surface area contributed by atoms with E-state index in [9.17, 15) is 4.79 Å². The molecule has 0 unspecified atom stereocenters. The van der Waals surface area contributed by atoms with Crippen molar-refractivity contribution >= 4 is 12.0 Å².